The van der Waals surface area contributed by atoms with Crippen molar-refractivity contribution < 1.29 is 38.4 Å². The van der Waals surface area contributed by atoms with Gasteiger partial charge in [-0.25, -0.2) is 4.79 Å². The SMILES string of the molecule is CCC1=C[C@@H]2CN(CCc3c([nH]c4ccccc34)[C@@](C(=O)OC)(c3cc4c(cc3OC)N(C)[C@H]3[C@@](O)(COC(=O)NCC(C)C)[C@H](OC(C)=O)[C@]5(CC)C=CCN6CC[C@]43[C@@H]65)C2)C1. The fraction of sp³-hybridized carbons (Fsp3) is 0.580. The van der Waals surface area contributed by atoms with E-state index in [9.17, 15) is 14.7 Å². The van der Waals surface area contributed by atoms with Crippen molar-refractivity contribution in [3.63, 3.8) is 0 Å². The molecule has 1 spiro atoms. The smallest absolute Gasteiger partial charge is 0.407 e. The molecule has 6 heterocycles. The van der Waals surface area contributed by atoms with Crippen LogP contribution in [0.3, 0.4) is 0 Å². The number of benzene rings is 2. The molecule has 9 atom stereocenters. The van der Waals surface area contributed by atoms with E-state index in [2.05, 4.69) is 81.3 Å². The predicted octanol–water partition coefficient (Wildman–Crippen LogP) is 6.01. The van der Waals surface area contributed by atoms with Gasteiger partial charge < -0.3 is 39.3 Å². The molecule has 338 valence electrons. The lowest BCUT2D eigenvalue weighted by atomic mass is 9.47. The van der Waals surface area contributed by atoms with Crippen molar-refractivity contribution in [3.05, 3.63) is 82.6 Å². The van der Waals surface area contributed by atoms with Gasteiger partial charge in [0.25, 0.3) is 0 Å². The van der Waals surface area contributed by atoms with Crippen molar-refractivity contribution in [1.82, 2.24) is 20.1 Å². The third kappa shape index (κ3) is 6.37. The van der Waals surface area contributed by atoms with Gasteiger partial charge >= 0.3 is 18.0 Å². The van der Waals surface area contributed by atoms with Gasteiger partial charge in [0.05, 0.1) is 20.3 Å². The van der Waals surface area contributed by atoms with Crippen molar-refractivity contribution in [3.8, 4) is 5.75 Å². The van der Waals surface area contributed by atoms with Gasteiger partial charge in [0, 0.05) is 97.5 Å². The van der Waals surface area contributed by atoms with Crippen LogP contribution in [0.5, 0.6) is 5.75 Å². The van der Waals surface area contributed by atoms with Gasteiger partial charge in [-0.1, -0.05) is 69.7 Å². The topological polar surface area (TPSA) is 146 Å². The van der Waals surface area contributed by atoms with Crippen molar-refractivity contribution in [2.45, 2.75) is 101 Å². The number of amides is 1. The second kappa shape index (κ2) is 16.0. The fourth-order valence-electron chi connectivity index (χ4n) is 13.5. The Morgan fingerprint density at radius 3 is 2.57 bits per heavy atom. The van der Waals surface area contributed by atoms with Gasteiger partial charge in [-0.05, 0) is 73.7 Å². The number of hydrogen-bond acceptors (Lipinski definition) is 11. The summed E-state index contributed by atoms with van der Waals surface area (Å²) in [6.45, 7) is 13.6. The summed E-state index contributed by atoms with van der Waals surface area (Å²) in [6, 6.07) is 11.6. The van der Waals surface area contributed by atoms with Crippen molar-refractivity contribution in [1.29, 1.82) is 0 Å². The summed E-state index contributed by atoms with van der Waals surface area (Å²) in [5.74, 6) is -0.151. The van der Waals surface area contributed by atoms with Crippen LogP contribution in [-0.2, 0) is 41.1 Å². The average molecular weight is 864 g/mol. The normalized spacial score (nSPS) is 33.0. The molecule has 13 heteroatoms. The Morgan fingerprint density at radius 1 is 1.06 bits per heavy atom. The summed E-state index contributed by atoms with van der Waals surface area (Å²) in [5.41, 5.74) is 1.88. The van der Waals surface area contributed by atoms with Gasteiger partial charge in [0.15, 0.2) is 5.60 Å². The molecule has 1 saturated carbocycles. The number of aliphatic hydroxyl groups is 1. The van der Waals surface area contributed by atoms with Crippen LogP contribution >= 0.6 is 0 Å². The van der Waals surface area contributed by atoms with E-state index < -0.39 is 52.7 Å². The number of H-pyrrole nitrogens is 1. The molecule has 1 unspecified atom stereocenters. The minimum Gasteiger partial charge on any atom is -0.496 e. The molecule has 5 aliphatic heterocycles. The number of alkyl carbamates (subject to hydrolysis) is 1. The number of esters is 2. The van der Waals surface area contributed by atoms with Crippen LogP contribution in [0.1, 0.15) is 82.7 Å². The number of carbonyl (C=O) groups excluding carboxylic acids is 3. The molecule has 2 bridgehead atoms. The number of likely N-dealkylation sites (N-methyl/N-ethyl adjacent to an activating group) is 1. The molecule has 6 aliphatic rings. The zero-order chi connectivity index (χ0) is 44.6. The Morgan fingerprint density at radius 2 is 1.86 bits per heavy atom. The molecule has 63 heavy (non-hydrogen) atoms. The maximum absolute atomic E-state index is 15.4. The first kappa shape index (κ1) is 43.4. The monoisotopic (exact) mass is 863 g/mol. The molecular weight excluding hydrogens is 799 g/mol. The van der Waals surface area contributed by atoms with Crippen molar-refractivity contribution in [2.75, 3.05) is 72.0 Å². The molecule has 1 aromatic heterocycles. The summed E-state index contributed by atoms with van der Waals surface area (Å²) in [5, 5.41) is 17.7. The van der Waals surface area contributed by atoms with E-state index in [1.165, 1.54) is 19.6 Å². The number of ether oxygens (including phenoxy) is 4. The van der Waals surface area contributed by atoms with E-state index >= 15 is 4.79 Å². The zero-order valence-electron chi connectivity index (χ0n) is 38.2. The molecule has 0 radical (unpaired) electrons. The third-order valence-corrected chi connectivity index (χ3v) is 15.7. The van der Waals surface area contributed by atoms with Crippen LogP contribution in [0, 0.1) is 17.3 Å². The Hall–Kier alpha value is -4.85. The highest BCUT2D eigenvalue weighted by atomic mass is 16.6. The standard InChI is InChI=1S/C50H65N5O8/c1-9-32-22-33-25-49(45(57)61-8,41-35(16-20-54(27-32)28-33)34-14-11-12-15-38(34)52-41)37-23-36-39(24-40(37)60-7)53(6)43-48(36)18-21-55-19-13-17-47(10-2,42(48)55)44(63-31(5)56)50(43,59)29-62-46(58)51-26-30(3)4/h11-15,17,22-24,30,33,42-44,52,59H,9-10,16,18-21,25-29H2,1-8H3,(H,51,58)/t33-,42-,43+,44+,47+,48+,49-,50-/m0/s1. The van der Waals surface area contributed by atoms with E-state index in [0.717, 1.165) is 72.4 Å². The van der Waals surface area contributed by atoms with Gasteiger partial charge in [0.2, 0.25) is 0 Å². The number of nitrogens with zero attached hydrogens (tertiary/aromatic N) is 3. The van der Waals surface area contributed by atoms with Crippen molar-refractivity contribution in [2.24, 2.45) is 17.3 Å². The summed E-state index contributed by atoms with van der Waals surface area (Å²) < 4.78 is 24.8. The Kier molecular flexibility index (Phi) is 11.0. The number of aromatic nitrogens is 1. The second-order valence-electron chi connectivity index (χ2n) is 19.5. The van der Waals surface area contributed by atoms with Crippen LogP contribution in [0.25, 0.3) is 10.9 Å². The first-order valence-electron chi connectivity index (χ1n) is 23.0. The summed E-state index contributed by atoms with van der Waals surface area (Å²) in [4.78, 5) is 52.9. The Labute approximate surface area is 371 Å². The quantitative estimate of drug-likeness (QED) is 0.125. The molecule has 3 aromatic rings. The second-order valence-corrected chi connectivity index (χ2v) is 19.5. The lowest BCUT2D eigenvalue weighted by Gasteiger charge is -2.64. The molecular formula is C50H65N5O8. The molecule has 9 rings (SSSR count). The molecule has 1 amide bonds. The zero-order valence-corrected chi connectivity index (χ0v) is 38.2. The van der Waals surface area contributed by atoms with Crippen LogP contribution in [0.4, 0.5) is 10.5 Å². The molecule has 2 aromatic carbocycles. The van der Waals surface area contributed by atoms with Crippen LogP contribution in [-0.4, -0.2) is 129 Å². The number of hydrogen-bond donors (Lipinski definition) is 3. The first-order chi connectivity index (χ1) is 30.2. The molecule has 13 nitrogen and oxygen atoms in total. The molecule has 1 aliphatic carbocycles. The largest absolute Gasteiger partial charge is 0.496 e. The van der Waals surface area contributed by atoms with Crippen LogP contribution < -0.4 is 15.0 Å². The van der Waals surface area contributed by atoms with E-state index in [1.54, 1.807) is 7.11 Å². The van der Waals surface area contributed by atoms with Crippen LogP contribution in [0.15, 0.2) is 60.2 Å². The van der Waals surface area contributed by atoms with E-state index in [1.807, 2.05) is 33.0 Å². The van der Waals surface area contributed by atoms with Gasteiger partial charge in [0.1, 0.15) is 23.9 Å². The fourth-order valence-corrected chi connectivity index (χ4v) is 13.5. The minimum atomic E-state index is -1.89. The first-order valence-corrected chi connectivity index (χ1v) is 23.0. The van der Waals surface area contributed by atoms with E-state index in [0.29, 0.717) is 43.7 Å². The van der Waals surface area contributed by atoms with Crippen LogP contribution in [0.2, 0.25) is 0 Å². The lowest BCUT2D eigenvalue weighted by molar-refractivity contribution is -0.228. The van der Waals surface area contributed by atoms with E-state index in [4.69, 9.17) is 18.9 Å². The molecule has 2 fully saturated rings. The number of anilines is 1. The maximum atomic E-state index is 15.4. The number of carbonyl (C=O) groups is 3. The third-order valence-electron chi connectivity index (χ3n) is 15.7. The summed E-state index contributed by atoms with van der Waals surface area (Å²) in [7, 11) is 5.09. The maximum Gasteiger partial charge on any atom is 0.407 e. The highest BCUT2D eigenvalue weighted by Crippen LogP contribution is 2.68. The number of para-hydroxylation sites is 1. The highest BCUT2D eigenvalue weighted by Gasteiger charge is 2.78. The Balaban J connectivity index is 1.32. The number of methoxy groups -OCH3 is 2. The lowest BCUT2D eigenvalue weighted by Crippen LogP contribution is -2.80. The minimum absolute atomic E-state index is 0.0261. The van der Waals surface area contributed by atoms with E-state index in [-0.39, 0.29) is 23.8 Å². The molecule has 3 N–H and O–H groups in total. The summed E-state index contributed by atoms with van der Waals surface area (Å²) in [6.07, 6.45) is 8.24. The van der Waals surface area contributed by atoms with Gasteiger partial charge in [-0.3, -0.25) is 19.4 Å². The molecule has 1 saturated heterocycles. The van der Waals surface area contributed by atoms with Gasteiger partial charge in [-0.15, -0.1) is 0 Å². The predicted molar refractivity (Wildman–Crippen MR) is 241 cm³/mol. The summed E-state index contributed by atoms with van der Waals surface area (Å²) >= 11 is 0. The number of nitrogens with one attached hydrogen (secondary N) is 2. The Bertz CT molecular complexity index is 2370. The average Bonchev–Trinajstić information content (AvgIpc) is 3.94. The van der Waals surface area contributed by atoms with Gasteiger partial charge in [-0.2, -0.15) is 0 Å². The van der Waals surface area contributed by atoms with Crippen molar-refractivity contribution >= 4 is 34.6 Å². The number of rotatable bonds is 10. The number of fused-ring (bicyclic) bond motifs is 6. The number of aromatic amines is 1. The highest BCUT2D eigenvalue weighted by molar-refractivity contribution is 5.94.